The summed E-state index contributed by atoms with van der Waals surface area (Å²) in [4.78, 5) is 10.2. The third kappa shape index (κ3) is 64.8. The molecule has 0 aliphatic rings. The smallest absolute Gasteiger partial charge is 0.448 e. The number of carboxylic acid groups (broad SMARTS) is 1. The maximum absolute atomic E-state index is 10.2. The van der Waals surface area contributed by atoms with Crippen LogP contribution in [0.2, 0.25) is 6.82 Å². The Morgan fingerprint density at radius 2 is 0.675 bits per heavy atom. The van der Waals surface area contributed by atoms with Crippen LogP contribution >= 0.6 is 0 Å². The molecule has 3 N–H and O–H groups in total. The van der Waals surface area contributed by atoms with E-state index in [9.17, 15) is 4.79 Å². The second-order valence-electron chi connectivity index (χ2n) is 5.61. The Hall–Kier alpha value is -2.89. The predicted molar refractivity (Wildman–Crippen MR) is 187 cm³/mol. The van der Waals surface area contributed by atoms with Gasteiger partial charge in [0.15, 0.2) is 0 Å². The van der Waals surface area contributed by atoms with Gasteiger partial charge in [-0.25, -0.2) is 4.79 Å². The van der Waals surface area contributed by atoms with Crippen LogP contribution in [0.1, 0.15) is 112 Å². The quantitative estimate of drug-likeness (QED) is 0.258. The van der Waals surface area contributed by atoms with Crippen molar-refractivity contribution in [2.24, 2.45) is 0 Å². The van der Waals surface area contributed by atoms with Gasteiger partial charge in [-0.1, -0.05) is 181 Å². The van der Waals surface area contributed by atoms with Crippen molar-refractivity contribution in [2.75, 3.05) is 0 Å². The summed E-state index contributed by atoms with van der Waals surface area (Å²) in [5.41, 5.74) is 2.97. The van der Waals surface area contributed by atoms with Gasteiger partial charge in [0.05, 0.1) is 5.56 Å². The fraction of sp³-hybridized carbons (Fsp3) is 0.457. The zero-order valence-corrected chi connectivity index (χ0v) is 28.0. The lowest BCUT2D eigenvalue weighted by atomic mass is 9.99. The van der Waals surface area contributed by atoms with Crippen LogP contribution in [0.4, 0.5) is 0 Å². The third-order valence-corrected chi connectivity index (χ3v) is 2.90. The summed E-state index contributed by atoms with van der Waals surface area (Å²) < 4.78 is 0. The van der Waals surface area contributed by atoms with E-state index in [1.165, 1.54) is 17.9 Å². The molecule has 3 rings (SSSR count). The SMILES string of the molecule is C.CB(O)O.CC.CC.CC.CC.CC.CC.Cc1ccccc1.Cc1ccccc1.O=C(O)c1ccccc1. The van der Waals surface area contributed by atoms with Crippen LogP contribution in [0.3, 0.4) is 0 Å². The highest BCUT2D eigenvalue weighted by Crippen LogP contribution is 1.96. The summed E-state index contributed by atoms with van der Waals surface area (Å²) in [6.45, 7) is 29.4. The van der Waals surface area contributed by atoms with Crippen molar-refractivity contribution in [2.45, 2.75) is 111 Å². The van der Waals surface area contributed by atoms with E-state index in [2.05, 4.69) is 38.1 Å². The zero-order valence-electron chi connectivity index (χ0n) is 28.0. The Balaban J connectivity index is -0.0000000510. The van der Waals surface area contributed by atoms with Gasteiger partial charge in [-0.05, 0) is 32.8 Å². The Morgan fingerprint density at radius 3 is 0.775 bits per heavy atom. The molecule has 0 spiro atoms. The number of aryl methyl sites for hydroxylation is 2. The second-order valence-corrected chi connectivity index (χ2v) is 5.61. The maximum Gasteiger partial charge on any atom is 0.448 e. The lowest BCUT2D eigenvalue weighted by Crippen LogP contribution is -2.00. The van der Waals surface area contributed by atoms with Gasteiger partial charge in [-0.3, -0.25) is 0 Å². The lowest BCUT2D eigenvalue weighted by molar-refractivity contribution is 0.0697. The maximum atomic E-state index is 10.2. The molecule has 3 aromatic rings. The number of aromatic carboxylic acids is 1. The molecule has 234 valence electrons. The van der Waals surface area contributed by atoms with Crippen molar-refractivity contribution in [3.8, 4) is 0 Å². The molecule has 0 bridgehead atoms. The van der Waals surface area contributed by atoms with Crippen LogP contribution in [0.5, 0.6) is 0 Å². The van der Waals surface area contributed by atoms with E-state index in [0.717, 1.165) is 0 Å². The molecule has 0 saturated carbocycles. The van der Waals surface area contributed by atoms with Gasteiger partial charge in [-0.2, -0.15) is 0 Å². The Kier molecular flexibility index (Phi) is 86.5. The predicted octanol–water partition coefficient (Wildman–Crippen LogP) is 11.3. The van der Waals surface area contributed by atoms with Crippen LogP contribution in [0, 0.1) is 13.8 Å². The number of hydrogen-bond acceptors (Lipinski definition) is 3. The Bertz CT molecular complexity index is 680. The Morgan fingerprint density at radius 1 is 0.500 bits per heavy atom. The van der Waals surface area contributed by atoms with E-state index in [0.29, 0.717) is 5.56 Å². The molecule has 0 aliphatic carbocycles. The largest absolute Gasteiger partial charge is 0.478 e. The van der Waals surface area contributed by atoms with Gasteiger partial charge >= 0.3 is 13.1 Å². The molecule has 0 saturated heterocycles. The number of hydrogen-bond donors (Lipinski definition) is 3. The third-order valence-electron chi connectivity index (χ3n) is 2.90. The van der Waals surface area contributed by atoms with E-state index >= 15 is 0 Å². The van der Waals surface area contributed by atoms with Gasteiger partial charge in [0.1, 0.15) is 0 Å². The van der Waals surface area contributed by atoms with Crippen molar-refractivity contribution in [1.82, 2.24) is 0 Å². The molecule has 0 amide bonds. The highest BCUT2D eigenvalue weighted by atomic mass is 16.4. The first-order valence-corrected chi connectivity index (χ1v) is 14.5. The van der Waals surface area contributed by atoms with E-state index in [4.69, 9.17) is 15.2 Å². The van der Waals surface area contributed by atoms with E-state index in [1.54, 1.807) is 30.3 Å². The average molecular weight is 563 g/mol. The van der Waals surface area contributed by atoms with Crippen molar-refractivity contribution >= 4 is 13.1 Å². The Labute approximate surface area is 251 Å². The first-order valence-electron chi connectivity index (χ1n) is 14.5. The molecule has 0 unspecified atom stereocenters. The number of carboxylic acids is 1. The molecule has 5 heteroatoms. The van der Waals surface area contributed by atoms with Crippen molar-refractivity contribution in [3.63, 3.8) is 0 Å². The molecule has 4 nitrogen and oxygen atoms in total. The minimum atomic E-state index is -1.17. The molecular weight excluding hydrogens is 495 g/mol. The van der Waals surface area contributed by atoms with Crippen molar-refractivity contribution in [1.29, 1.82) is 0 Å². The molecule has 0 heterocycles. The van der Waals surface area contributed by atoms with Crippen LogP contribution in [0.15, 0.2) is 91.0 Å². The van der Waals surface area contributed by atoms with Crippen molar-refractivity contribution < 1.29 is 19.9 Å². The first-order chi connectivity index (χ1) is 18.8. The minimum Gasteiger partial charge on any atom is -0.478 e. The zero-order chi connectivity index (χ0) is 32.5. The van der Waals surface area contributed by atoms with Crippen LogP contribution in [-0.2, 0) is 0 Å². The first kappa shape index (κ1) is 57.1. The molecule has 0 radical (unpaired) electrons. The van der Waals surface area contributed by atoms with E-state index in [-0.39, 0.29) is 7.43 Å². The molecular formula is C35H67BO4. The summed E-state index contributed by atoms with van der Waals surface area (Å²) in [6, 6.07) is 28.8. The average Bonchev–Trinajstić information content (AvgIpc) is 3.01. The van der Waals surface area contributed by atoms with Gasteiger partial charge in [0, 0.05) is 0 Å². The molecule has 0 fully saturated rings. The molecule has 0 aliphatic heterocycles. The fourth-order valence-electron chi connectivity index (χ4n) is 1.65. The van der Waals surface area contributed by atoms with Gasteiger partial charge < -0.3 is 15.2 Å². The second kappa shape index (κ2) is 60.6. The van der Waals surface area contributed by atoms with Gasteiger partial charge in [0.2, 0.25) is 0 Å². The highest BCUT2D eigenvalue weighted by Gasteiger charge is 1.96. The lowest BCUT2D eigenvalue weighted by Gasteiger charge is -1.88. The topological polar surface area (TPSA) is 77.8 Å². The number of benzene rings is 3. The minimum absolute atomic E-state index is 0. The summed E-state index contributed by atoms with van der Waals surface area (Å²) in [6.07, 6.45) is 0. The highest BCUT2D eigenvalue weighted by molar-refractivity contribution is 6.38. The fourth-order valence-corrected chi connectivity index (χ4v) is 1.65. The van der Waals surface area contributed by atoms with E-state index < -0.39 is 13.1 Å². The number of rotatable bonds is 1. The van der Waals surface area contributed by atoms with Gasteiger partial charge in [-0.15, -0.1) is 0 Å². The van der Waals surface area contributed by atoms with Crippen LogP contribution in [0.25, 0.3) is 0 Å². The summed E-state index contributed by atoms with van der Waals surface area (Å²) in [7, 11) is -1.17. The van der Waals surface area contributed by atoms with E-state index in [1.807, 2.05) is 119 Å². The summed E-state index contributed by atoms with van der Waals surface area (Å²) in [5.74, 6) is -0.879. The molecule has 40 heavy (non-hydrogen) atoms. The van der Waals surface area contributed by atoms with Gasteiger partial charge in [0.25, 0.3) is 0 Å². The monoisotopic (exact) mass is 563 g/mol. The standard InChI is InChI=1S/C7H6O2.2C7H8.6C2H6.CH5BO2.CH4/c8-7(9)6-4-2-1-3-5-6;2*1-7-5-3-2-4-6-7;6*1-2;1-2(3)4;/h1-5H,(H,8,9);2*2-6H,1H3;6*1-2H3;3-4H,1H3;1H4. The molecule has 0 atom stereocenters. The molecule has 3 aromatic carbocycles. The summed E-state index contributed by atoms with van der Waals surface area (Å²) in [5, 5.41) is 23.6. The van der Waals surface area contributed by atoms with Crippen LogP contribution < -0.4 is 0 Å². The normalized spacial score (nSPS) is 6.62. The van der Waals surface area contributed by atoms with Crippen LogP contribution in [-0.4, -0.2) is 28.2 Å². The summed E-state index contributed by atoms with van der Waals surface area (Å²) >= 11 is 0. The van der Waals surface area contributed by atoms with Crippen molar-refractivity contribution in [3.05, 3.63) is 108 Å². The molecule has 0 aromatic heterocycles. The number of carbonyl (C=O) groups is 1.